The quantitative estimate of drug-likeness (QED) is 0.801. The lowest BCUT2D eigenvalue weighted by atomic mass is 10.0. The zero-order chi connectivity index (χ0) is 15.3. The van der Waals surface area contributed by atoms with Gasteiger partial charge in [0.15, 0.2) is 9.84 Å². The largest absolute Gasteiger partial charge is 0.300 e. The zero-order valence-electron chi connectivity index (χ0n) is 13.0. The first-order chi connectivity index (χ1) is 10.5. The van der Waals surface area contributed by atoms with Gasteiger partial charge in [-0.2, -0.15) is 0 Å². The van der Waals surface area contributed by atoms with Crippen LogP contribution in [0.1, 0.15) is 28.4 Å². The van der Waals surface area contributed by atoms with Gasteiger partial charge < -0.3 is 0 Å². The van der Waals surface area contributed by atoms with Crippen molar-refractivity contribution >= 4 is 21.2 Å². The molecule has 7 heteroatoms. The number of hydrogen-bond donors (Lipinski definition) is 0. The van der Waals surface area contributed by atoms with Gasteiger partial charge in [-0.15, -0.1) is 11.3 Å². The standard InChI is InChI=1S/C15H23N3O2S2/c1-17-6-7-18(13-10-22(19,20)9-12(13)17)8-15-16-11-4-2-3-5-14(11)21-15/h12-13H,2-10H2,1H3/t12-,13+/m0/s1. The third-order valence-corrected chi connectivity index (χ3v) is 8.14. The van der Waals surface area contributed by atoms with E-state index in [4.69, 9.17) is 4.98 Å². The highest BCUT2D eigenvalue weighted by Gasteiger charge is 2.45. The Labute approximate surface area is 136 Å². The van der Waals surface area contributed by atoms with Crippen molar-refractivity contribution in [3.05, 3.63) is 15.6 Å². The Kier molecular flexibility index (Phi) is 3.79. The fourth-order valence-electron chi connectivity index (χ4n) is 4.04. The SMILES string of the molecule is CN1CCN(Cc2nc3c(s2)CCCC3)[C@@H]2CS(=O)(=O)C[C@@H]21. The van der Waals surface area contributed by atoms with Gasteiger partial charge in [-0.05, 0) is 32.7 Å². The molecule has 0 amide bonds. The Morgan fingerprint density at radius 2 is 1.95 bits per heavy atom. The van der Waals surface area contributed by atoms with E-state index in [0.717, 1.165) is 26.1 Å². The lowest BCUT2D eigenvalue weighted by molar-refractivity contribution is 0.0572. The number of aryl methyl sites for hydroxylation is 2. The minimum absolute atomic E-state index is 0.143. The van der Waals surface area contributed by atoms with E-state index in [1.54, 1.807) is 0 Å². The second-order valence-corrected chi connectivity index (χ2v) is 10.2. The molecule has 1 aliphatic carbocycles. The van der Waals surface area contributed by atoms with Gasteiger partial charge in [0.05, 0.1) is 23.7 Å². The molecular formula is C15H23N3O2S2. The molecule has 0 radical (unpaired) electrons. The van der Waals surface area contributed by atoms with Crippen molar-refractivity contribution in [2.45, 2.75) is 44.3 Å². The maximum atomic E-state index is 12.0. The fraction of sp³-hybridized carbons (Fsp3) is 0.800. The van der Waals surface area contributed by atoms with Crippen LogP contribution in [0.15, 0.2) is 0 Å². The second kappa shape index (κ2) is 5.54. The molecule has 0 spiro atoms. The van der Waals surface area contributed by atoms with Crippen LogP contribution < -0.4 is 0 Å². The summed E-state index contributed by atoms with van der Waals surface area (Å²) in [6.45, 7) is 2.71. The summed E-state index contributed by atoms with van der Waals surface area (Å²) in [6.07, 6.45) is 4.84. The molecule has 2 fully saturated rings. The van der Waals surface area contributed by atoms with Gasteiger partial charge in [0.25, 0.3) is 0 Å². The molecule has 1 aromatic heterocycles. The first-order valence-corrected chi connectivity index (χ1v) is 10.8. The van der Waals surface area contributed by atoms with Gasteiger partial charge in [0.2, 0.25) is 0 Å². The van der Waals surface area contributed by atoms with Crippen molar-refractivity contribution in [1.29, 1.82) is 0 Å². The summed E-state index contributed by atoms with van der Waals surface area (Å²) in [4.78, 5) is 10.9. The van der Waals surface area contributed by atoms with Crippen LogP contribution in [0, 0.1) is 0 Å². The van der Waals surface area contributed by atoms with Gasteiger partial charge in [-0.25, -0.2) is 13.4 Å². The van der Waals surface area contributed by atoms with Crippen molar-refractivity contribution < 1.29 is 8.42 Å². The molecule has 1 aromatic rings. The van der Waals surface area contributed by atoms with E-state index < -0.39 is 9.84 Å². The van der Waals surface area contributed by atoms with Gasteiger partial charge in [0, 0.05) is 30.1 Å². The maximum Gasteiger partial charge on any atom is 0.153 e. The van der Waals surface area contributed by atoms with Crippen molar-refractivity contribution in [2.75, 3.05) is 31.6 Å². The molecule has 2 atom stereocenters. The topological polar surface area (TPSA) is 53.5 Å². The third kappa shape index (κ3) is 2.72. The van der Waals surface area contributed by atoms with Crippen LogP contribution in [-0.2, 0) is 29.2 Å². The molecule has 3 aliphatic rings. The molecule has 2 aliphatic heterocycles. The van der Waals surface area contributed by atoms with Crippen LogP contribution in [-0.4, -0.2) is 66.9 Å². The molecule has 0 aromatic carbocycles. The monoisotopic (exact) mass is 341 g/mol. The van der Waals surface area contributed by atoms with E-state index in [1.165, 1.54) is 34.8 Å². The van der Waals surface area contributed by atoms with E-state index in [-0.39, 0.29) is 12.1 Å². The Morgan fingerprint density at radius 3 is 2.77 bits per heavy atom. The average molecular weight is 342 g/mol. The fourth-order valence-corrected chi connectivity index (χ4v) is 7.31. The number of thiazole rings is 1. The molecular weight excluding hydrogens is 318 g/mol. The highest BCUT2D eigenvalue weighted by Crippen LogP contribution is 2.30. The molecule has 122 valence electrons. The second-order valence-electron chi connectivity index (χ2n) is 6.85. The van der Waals surface area contributed by atoms with Crippen LogP contribution in [0.25, 0.3) is 0 Å². The van der Waals surface area contributed by atoms with Gasteiger partial charge in [0.1, 0.15) is 5.01 Å². The lowest BCUT2D eigenvalue weighted by Crippen LogP contribution is -2.57. The van der Waals surface area contributed by atoms with Crippen LogP contribution in [0.5, 0.6) is 0 Å². The first-order valence-electron chi connectivity index (χ1n) is 8.14. The molecule has 0 unspecified atom stereocenters. The molecule has 2 saturated heterocycles. The number of likely N-dealkylation sites (N-methyl/N-ethyl adjacent to an activating group) is 1. The molecule has 4 rings (SSSR count). The number of sulfone groups is 1. The number of hydrogen-bond acceptors (Lipinski definition) is 6. The first kappa shape index (κ1) is 15.1. The minimum atomic E-state index is -2.89. The summed E-state index contributed by atoms with van der Waals surface area (Å²) < 4.78 is 24.1. The van der Waals surface area contributed by atoms with Crippen molar-refractivity contribution in [2.24, 2.45) is 0 Å². The smallest absolute Gasteiger partial charge is 0.153 e. The number of rotatable bonds is 2. The molecule has 0 bridgehead atoms. The molecule has 0 saturated carbocycles. The van der Waals surface area contributed by atoms with Crippen molar-refractivity contribution in [3.8, 4) is 0 Å². The average Bonchev–Trinajstić information content (AvgIpc) is 3.02. The zero-order valence-corrected chi connectivity index (χ0v) is 14.6. The van der Waals surface area contributed by atoms with E-state index in [9.17, 15) is 8.42 Å². The summed E-state index contributed by atoms with van der Waals surface area (Å²) >= 11 is 1.85. The normalized spacial score (nSPS) is 31.9. The summed E-state index contributed by atoms with van der Waals surface area (Å²) in [7, 11) is -0.836. The summed E-state index contributed by atoms with van der Waals surface area (Å²) in [5.41, 5.74) is 1.30. The van der Waals surface area contributed by atoms with Crippen molar-refractivity contribution in [3.63, 3.8) is 0 Å². The highest BCUT2D eigenvalue weighted by molar-refractivity contribution is 7.91. The van der Waals surface area contributed by atoms with Crippen molar-refractivity contribution in [1.82, 2.24) is 14.8 Å². The molecule has 5 nitrogen and oxygen atoms in total. The summed E-state index contributed by atoms with van der Waals surface area (Å²) in [6, 6.07) is 0.304. The molecule has 22 heavy (non-hydrogen) atoms. The number of nitrogens with zero attached hydrogens (tertiary/aromatic N) is 3. The maximum absolute atomic E-state index is 12.0. The predicted molar refractivity (Wildman–Crippen MR) is 88.0 cm³/mol. The Hall–Kier alpha value is -0.500. The Balaban J connectivity index is 1.54. The van der Waals surface area contributed by atoms with Crippen LogP contribution in [0.3, 0.4) is 0 Å². The van der Waals surface area contributed by atoms with E-state index in [1.807, 2.05) is 11.3 Å². The minimum Gasteiger partial charge on any atom is -0.300 e. The van der Waals surface area contributed by atoms with Gasteiger partial charge in [-0.3, -0.25) is 9.80 Å². The summed E-state index contributed by atoms with van der Waals surface area (Å²) in [5, 5.41) is 1.18. The summed E-state index contributed by atoms with van der Waals surface area (Å²) in [5.74, 6) is 0.631. The van der Waals surface area contributed by atoms with Gasteiger partial charge >= 0.3 is 0 Å². The Bertz CT molecular complexity index is 647. The van der Waals surface area contributed by atoms with Gasteiger partial charge in [-0.1, -0.05) is 0 Å². The van der Waals surface area contributed by atoms with Crippen LogP contribution >= 0.6 is 11.3 Å². The number of fused-ring (bicyclic) bond motifs is 2. The highest BCUT2D eigenvalue weighted by atomic mass is 32.2. The van der Waals surface area contributed by atoms with E-state index >= 15 is 0 Å². The van der Waals surface area contributed by atoms with Crippen LogP contribution in [0.4, 0.5) is 0 Å². The van der Waals surface area contributed by atoms with Crippen LogP contribution in [0.2, 0.25) is 0 Å². The molecule has 0 N–H and O–H groups in total. The molecule has 3 heterocycles. The lowest BCUT2D eigenvalue weighted by Gasteiger charge is -2.41. The predicted octanol–water partition coefficient (Wildman–Crippen LogP) is 0.935. The number of piperazine rings is 1. The Morgan fingerprint density at radius 1 is 1.18 bits per heavy atom. The number of aromatic nitrogens is 1. The van der Waals surface area contributed by atoms with E-state index in [0.29, 0.717) is 11.5 Å². The van der Waals surface area contributed by atoms with E-state index in [2.05, 4.69) is 16.8 Å². The third-order valence-electron chi connectivity index (χ3n) is 5.30.